The van der Waals surface area contributed by atoms with Crippen molar-refractivity contribution < 1.29 is 4.74 Å². The van der Waals surface area contributed by atoms with Crippen molar-refractivity contribution in [2.75, 3.05) is 53.0 Å². The highest BCUT2D eigenvalue weighted by atomic mass is 16.5. The third-order valence-electron chi connectivity index (χ3n) is 2.29. The molecule has 0 aliphatic carbocycles. The third-order valence-corrected chi connectivity index (χ3v) is 2.29. The Hall–Kier alpha value is -0.120. The standard InChI is InChI=1S/C9H19N2O/c1-3-12-9-8-11-6-4-10(2)5-7-11/h1,3-9H2,2H3. The van der Waals surface area contributed by atoms with Crippen LogP contribution in [0, 0.1) is 6.92 Å². The van der Waals surface area contributed by atoms with E-state index in [1.807, 2.05) is 0 Å². The molecule has 1 heterocycles. The zero-order valence-corrected chi connectivity index (χ0v) is 7.96. The maximum absolute atomic E-state index is 5.20. The molecule has 3 heteroatoms. The Bertz CT molecular complexity index is 111. The van der Waals surface area contributed by atoms with Gasteiger partial charge in [0.1, 0.15) is 0 Å². The second-order valence-corrected chi connectivity index (χ2v) is 3.26. The normalized spacial score (nSPS) is 21.5. The molecule has 0 aromatic rings. The van der Waals surface area contributed by atoms with Crippen molar-refractivity contribution in [1.29, 1.82) is 0 Å². The molecule has 0 aromatic carbocycles. The van der Waals surface area contributed by atoms with E-state index in [2.05, 4.69) is 23.8 Å². The van der Waals surface area contributed by atoms with E-state index in [9.17, 15) is 0 Å². The van der Waals surface area contributed by atoms with Crippen LogP contribution in [-0.4, -0.2) is 62.8 Å². The number of ether oxygens (including phenoxy) is 1. The predicted octanol–water partition coefficient (Wildman–Crippen LogP) is 0.0845. The van der Waals surface area contributed by atoms with Crippen molar-refractivity contribution in [1.82, 2.24) is 9.80 Å². The average Bonchev–Trinajstić information content (AvgIpc) is 2.09. The maximum atomic E-state index is 5.20. The molecule has 1 aliphatic heterocycles. The van der Waals surface area contributed by atoms with E-state index < -0.39 is 0 Å². The maximum Gasteiger partial charge on any atom is 0.0593 e. The molecule has 3 nitrogen and oxygen atoms in total. The van der Waals surface area contributed by atoms with Crippen LogP contribution in [0.1, 0.15) is 0 Å². The Morgan fingerprint density at radius 3 is 2.50 bits per heavy atom. The second-order valence-electron chi connectivity index (χ2n) is 3.26. The van der Waals surface area contributed by atoms with E-state index in [4.69, 9.17) is 4.74 Å². The van der Waals surface area contributed by atoms with E-state index in [1.165, 1.54) is 26.2 Å². The zero-order valence-electron chi connectivity index (χ0n) is 7.96. The number of nitrogens with zero attached hydrogens (tertiary/aromatic N) is 2. The van der Waals surface area contributed by atoms with Crippen LogP contribution in [0.4, 0.5) is 0 Å². The average molecular weight is 171 g/mol. The SMILES string of the molecule is [CH2]COCCN1CCN(C)CC1. The summed E-state index contributed by atoms with van der Waals surface area (Å²) in [6.45, 7) is 10.8. The molecule has 0 unspecified atom stereocenters. The lowest BCUT2D eigenvalue weighted by Crippen LogP contribution is -2.45. The molecule has 1 rings (SSSR count). The van der Waals surface area contributed by atoms with E-state index in [-0.39, 0.29) is 0 Å². The van der Waals surface area contributed by atoms with Gasteiger partial charge in [-0.15, -0.1) is 0 Å². The van der Waals surface area contributed by atoms with Gasteiger partial charge in [0.15, 0.2) is 0 Å². The summed E-state index contributed by atoms with van der Waals surface area (Å²) in [7, 11) is 2.17. The van der Waals surface area contributed by atoms with Gasteiger partial charge in [0.2, 0.25) is 0 Å². The lowest BCUT2D eigenvalue weighted by molar-refractivity contribution is 0.0940. The van der Waals surface area contributed by atoms with Gasteiger partial charge in [0.05, 0.1) is 6.61 Å². The van der Waals surface area contributed by atoms with Crippen LogP contribution < -0.4 is 0 Å². The minimum Gasteiger partial charge on any atom is -0.380 e. The number of hydrogen-bond donors (Lipinski definition) is 0. The van der Waals surface area contributed by atoms with Crippen LogP contribution >= 0.6 is 0 Å². The Labute approximate surface area is 75.3 Å². The van der Waals surface area contributed by atoms with E-state index in [1.54, 1.807) is 0 Å². The fraction of sp³-hybridized carbons (Fsp3) is 0.889. The second kappa shape index (κ2) is 5.51. The highest BCUT2D eigenvalue weighted by Gasteiger charge is 2.12. The number of rotatable bonds is 4. The van der Waals surface area contributed by atoms with Crippen molar-refractivity contribution in [2.24, 2.45) is 0 Å². The summed E-state index contributed by atoms with van der Waals surface area (Å²) >= 11 is 0. The molecule has 0 atom stereocenters. The predicted molar refractivity (Wildman–Crippen MR) is 50.1 cm³/mol. The fourth-order valence-corrected chi connectivity index (χ4v) is 1.37. The number of piperazine rings is 1. The fourth-order valence-electron chi connectivity index (χ4n) is 1.37. The lowest BCUT2D eigenvalue weighted by atomic mass is 10.3. The smallest absolute Gasteiger partial charge is 0.0593 e. The summed E-state index contributed by atoms with van der Waals surface area (Å²) in [5, 5.41) is 0. The van der Waals surface area contributed by atoms with Gasteiger partial charge < -0.3 is 9.64 Å². The van der Waals surface area contributed by atoms with E-state index >= 15 is 0 Å². The first-order chi connectivity index (χ1) is 5.83. The summed E-state index contributed by atoms with van der Waals surface area (Å²) < 4.78 is 5.20. The van der Waals surface area contributed by atoms with Crippen LogP contribution in [0.2, 0.25) is 0 Å². The molecule has 0 bridgehead atoms. The highest BCUT2D eigenvalue weighted by molar-refractivity contribution is 4.68. The molecule has 1 saturated heterocycles. The largest absolute Gasteiger partial charge is 0.380 e. The third kappa shape index (κ3) is 3.52. The summed E-state index contributed by atoms with van der Waals surface area (Å²) in [4.78, 5) is 4.80. The van der Waals surface area contributed by atoms with Crippen LogP contribution in [0.5, 0.6) is 0 Å². The molecule has 1 aliphatic rings. The number of hydrogen-bond acceptors (Lipinski definition) is 3. The minimum absolute atomic E-state index is 0.591. The zero-order chi connectivity index (χ0) is 8.81. The van der Waals surface area contributed by atoms with Gasteiger partial charge in [-0.1, -0.05) is 0 Å². The van der Waals surface area contributed by atoms with Gasteiger partial charge in [-0.2, -0.15) is 0 Å². The van der Waals surface area contributed by atoms with Crippen molar-refractivity contribution >= 4 is 0 Å². The summed E-state index contributed by atoms with van der Waals surface area (Å²) in [6.07, 6.45) is 0. The van der Waals surface area contributed by atoms with Crippen LogP contribution in [0.3, 0.4) is 0 Å². The summed E-state index contributed by atoms with van der Waals surface area (Å²) in [6, 6.07) is 0. The number of likely N-dealkylation sites (N-methyl/N-ethyl adjacent to an activating group) is 1. The summed E-state index contributed by atoms with van der Waals surface area (Å²) in [5.41, 5.74) is 0. The Balaban J connectivity index is 2.01. The van der Waals surface area contributed by atoms with Gasteiger partial charge in [-0.25, -0.2) is 0 Å². The Morgan fingerprint density at radius 2 is 1.92 bits per heavy atom. The monoisotopic (exact) mass is 171 g/mol. The molecule has 0 amide bonds. The molecular weight excluding hydrogens is 152 g/mol. The molecule has 0 N–H and O–H groups in total. The first-order valence-corrected chi connectivity index (χ1v) is 4.61. The molecule has 0 aromatic heterocycles. The van der Waals surface area contributed by atoms with Crippen molar-refractivity contribution in [2.45, 2.75) is 0 Å². The van der Waals surface area contributed by atoms with Crippen molar-refractivity contribution in [3.8, 4) is 0 Å². The van der Waals surface area contributed by atoms with Crippen molar-refractivity contribution in [3.05, 3.63) is 6.92 Å². The van der Waals surface area contributed by atoms with E-state index in [0.717, 1.165) is 13.2 Å². The van der Waals surface area contributed by atoms with Gasteiger partial charge in [0, 0.05) is 39.3 Å². The molecule has 12 heavy (non-hydrogen) atoms. The van der Waals surface area contributed by atoms with Gasteiger partial charge in [-0.05, 0) is 14.0 Å². The van der Waals surface area contributed by atoms with E-state index in [0.29, 0.717) is 6.61 Å². The molecular formula is C9H19N2O. The van der Waals surface area contributed by atoms with Crippen LogP contribution in [0.25, 0.3) is 0 Å². The van der Waals surface area contributed by atoms with Crippen LogP contribution in [-0.2, 0) is 4.74 Å². The first kappa shape index (κ1) is 9.96. The van der Waals surface area contributed by atoms with Gasteiger partial charge >= 0.3 is 0 Å². The molecule has 0 saturated carbocycles. The first-order valence-electron chi connectivity index (χ1n) is 4.61. The van der Waals surface area contributed by atoms with Crippen LogP contribution in [0.15, 0.2) is 0 Å². The molecule has 1 fully saturated rings. The molecule has 0 spiro atoms. The minimum atomic E-state index is 0.591. The summed E-state index contributed by atoms with van der Waals surface area (Å²) in [5.74, 6) is 0. The quantitative estimate of drug-likeness (QED) is 0.557. The Kier molecular flexibility index (Phi) is 4.58. The Morgan fingerprint density at radius 1 is 1.25 bits per heavy atom. The van der Waals surface area contributed by atoms with Gasteiger partial charge in [-0.3, -0.25) is 4.90 Å². The van der Waals surface area contributed by atoms with Crippen molar-refractivity contribution in [3.63, 3.8) is 0 Å². The molecule has 1 radical (unpaired) electrons. The topological polar surface area (TPSA) is 15.7 Å². The van der Waals surface area contributed by atoms with Gasteiger partial charge in [0.25, 0.3) is 0 Å². The lowest BCUT2D eigenvalue weighted by Gasteiger charge is -2.32. The molecule has 71 valence electrons. The highest BCUT2D eigenvalue weighted by Crippen LogP contribution is 1.97.